The Hall–Kier alpha value is -2.33. The zero-order valence-electron chi connectivity index (χ0n) is 12.0. The number of halogens is 2. The van der Waals surface area contributed by atoms with Gasteiger partial charge < -0.3 is 9.47 Å². The Bertz CT molecular complexity index is 778. The third kappa shape index (κ3) is 2.30. The molecule has 0 spiro atoms. The van der Waals surface area contributed by atoms with Crippen LogP contribution in [0.3, 0.4) is 0 Å². The highest BCUT2D eigenvalue weighted by molar-refractivity contribution is 9.10. The van der Waals surface area contributed by atoms with Crippen molar-refractivity contribution in [2.45, 2.75) is 5.79 Å². The average molecular weight is 371 g/mol. The maximum absolute atomic E-state index is 13.8. The summed E-state index contributed by atoms with van der Waals surface area (Å²) in [7, 11) is 0. The van der Waals surface area contributed by atoms with E-state index < -0.39 is 5.79 Å². The molecule has 0 radical (unpaired) electrons. The fourth-order valence-corrected chi connectivity index (χ4v) is 3.04. The van der Waals surface area contributed by atoms with Crippen LogP contribution in [0.4, 0.5) is 4.39 Å². The minimum Gasteiger partial charge on any atom is -0.440 e. The Morgan fingerprint density at radius 3 is 1.74 bits per heavy atom. The molecule has 0 bridgehead atoms. The van der Waals surface area contributed by atoms with E-state index in [9.17, 15) is 4.39 Å². The average Bonchev–Trinajstić information content (AvgIpc) is 2.96. The molecule has 1 aliphatic rings. The second-order valence-corrected chi connectivity index (χ2v) is 6.12. The first-order valence-corrected chi connectivity index (χ1v) is 7.96. The van der Waals surface area contributed by atoms with Crippen molar-refractivity contribution < 1.29 is 13.9 Å². The van der Waals surface area contributed by atoms with E-state index in [1.165, 1.54) is 6.07 Å². The quantitative estimate of drug-likeness (QED) is 0.612. The molecule has 0 amide bonds. The topological polar surface area (TPSA) is 18.5 Å². The molecule has 3 aromatic carbocycles. The van der Waals surface area contributed by atoms with E-state index in [1.807, 2.05) is 60.7 Å². The van der Waals surface area contributed by atoms with E-state index in [-0.39, 0.29) is 5.82 Å². The summed E-state index contributed by atoms with van der Waals surface area (Å²) in [4.78, 5) is 0. The molecule has 114 valence electrons. The van der Waals surface area contributed by atoms with Crippen LogP contribution in [-0.4, -0.2) is 0 Å². The number of ether oxygens (including phenoxy) is 2. The van der Waals surface area contributed by atoms with Crippen LogP contribution >= 0.6 is 15.9 Å². The zero-order valence-corrected chi connectivity index (χ0v) is 13.6. The summed E-state index contributed by atoms with van der Waals surface area (Å²) in [6, 6.07) is 22.2. The fraction of sp³-hybridized carbons (Fsp3) is 0.0526. The van der Waals surface area contributed by atoms with Crippen LogP contribution in [0.2, 0.25) is 0 Å². The van der Waals surface area contributed by atoms with E-state index in [2.05, 4.69) is 15.9 Å². The molecular formula is C19H12BrFO2. The van der Waals surface area contributed by atoms with E-state index in [1.54, 1.807) is 6.07 Å². The number of rotatable bonds is 2. The van der Waals surface area contributed by atoms with Crippen molar-refractivity contribution in [3.63, 3.8) is 0 Å². The van der Waals surface area contributed by atoms with Gasteiger partial charge in [0.1, 0.15) is 5.82 Å². The first-order chi connectivity index (χ1) is 11.2. The maximum Gasteiger partial charge on any atom is 0.305 e. The SMILES string of the molecule is Fc1cc2c(cc1Br)OC(c1ccccc1)(c1ccccc1)O2. The number of fused-ring (bicyclic) bond motifs is 1. The molecule has 0 fully saturated rings. The monoisotopic (exact) mass is 370 g/mol. The van der Waals surface area contributed by atoms with Crippen LogP contribution in [0.1, 0.15) is 11.1 Å². The van der Waals surface area contributed by atoms with Crippen molar-refractivity contribution in [1.82, 2.24) is 0 Å². The van der Waals surface area contributed by atoms with Crippen molar-refractivity contribution >= 4 is 15.9 Å². The lowest BCUT2D eigenvalue weighted by Crippen LogP contribution is -2.36. The van der Waals surface area contributed by atoms with Gasteiger partial charge in [0.15, 0.2) is 11.5 Å². The molecule has 0 atom stereocenters. The molecule has 0 unspecified atom stereocenters. The van der Waals surface area contributed by atoms with Gasteiger partial charge in [-0.05, 0) is 15.9 Å². The molecule has 1 aliphatic heterocycles. The van der Waals surface area contributed by atoms with Crippen molar-refractivity contribution in [1.29, 1.82) is 0 Å². The molecule has 2 nitrogen and oxygen atoms in total. The van der Waals surface area contributed by atoms with E-state index >= 15 is 0 Å². The lowest BCUT2D eigenvalue weighted by Gasteiger charge is -2.28. The van der Waals surface area contributed by atoms with Gasteiger partial charge in [-0.25, -0.2) is 4.39 Å². The summed E-state index contributed by atoms with van der Waals surface area (Å²) >= 11 is 3.19. The molecule has 1 heterocycles. The zero-order chi connectivity index (χ0) is 15.9. The third-order valence-electron chi connectivity index (χ3n) is 3.80. The van der Waals surface area contributed by atoms with Crippen molar-refractivity contribution in [3.8, 4) is 11.5 Å². The summed E-state index contributed by atoms with van der Waals surface area (Å²) < 4.78 is 26.5. The summed E-state index contributed by atoms with van der Waals surface area (Å²) in [5.41, 5.74) is 1.69. The highest BCUT2D eigenvalue weighted by atomic mass is 79.9. The highest BCUT2D eigenvalue weighted by Crippen LogP contribution is 2.48. The molecule has 23 heavy (non-hydrogen) atoms. The normalized spacial score (nSPS) is 14.7. The minimum atomic E-state index is -1.11. The molecule has 0 aromatic heterocycles. The number of benzene rings is 3. The fourth-order valence-electron chi connectivity index (χ4n) is 2.72. The van der Waals surface area contributed by atoms with Crippen molar-refractivity contribution in [3.05, 3.63) is 94.2 Å². The molecular weight excluding hydrogens is 359 g/mol. The summed E-state index contributed by atoms with van der Waals surface area (Å²) in [6.07, 6.45) is 0. The van der Waals surface area contributed by atoms with Crippen LogP contribution in [0.25, 0.3) is 0 Å². The van der Waals surface area contributed by atoms with Crippen LogP contribution < -0.4 is 9.47 Å². The van der Waals surface area contributed by atoms with Crippen molar-refractivity contribution in [2.24, 2.45) is 0 Å². The lowest BCUT2D eigenvalue weighted by atomic mass is 9.97. The van der Waals surface area contributed by atoms with Gasteiger partial charge in [0, 0.05) is 23.3 Å². The van der Waals surface area contributed by atoms with Gasteiger partial charge >= 0.3 is 5.79 Å². The van der Waals surface area contributed by atoms with Crippen LogP contribution in [0, 0.1) is 5.82 Å². The van der Waals surface area contributed by atoms with E-state index in [0.29, 0.717) is 16.0 Å². The van der Waals surface area contributed by atoms with E-state index in [0.717, 1.165) is 11.1 Å². The summed E-state index contributed by atoms with van der Waals surface area (Å²) in [5, 5.41) is 0. The molecule has 3 aromatic rings. The van der Waals surface area contributed by atoms with Gasteiger partial charge in [-0.15, -0.1) is 0 Å². The molecule has 0 saturated carbocycles. The molecule has 0 N–H and O–H groups in total. The van der Waals surface area contributed by atoms with Gasteiger partial charge in [-0.2, -0.15) is 0 Å². The largest absolute Gasteiger partial charge is 0.440 e. The van der Waals surface area contributed by atoms with Gasteiger partial charge in [-0.3, -0.25) is 0 Å². The molecule has 4 rings (SSSR count). The standard InChI is InChI=1S/C19H12BrFO2/c20-15-11-17-18(12-16(15)21)23-19(22-17,13-7-3-1-4-8-13)14-9-5-2-6-10-14/h1-12H. The first-order valence-electron chi connectivity index (χ1n) is 7.17. The minimum absolute atomic E-state index is 0.344. The summed E-state index contributed by atoms with van der Waals surface area (Å²) in [5.74, 6) is -0.605. The molecule has 4 heteroatoms. The van der Waals surface area contributed by atoms with Crippen LogP contribution in [0.5, 0.6) is 11.5 Å². The molecule has 0 saturated heterocycles. The second kappa shape index (κ2) is 5.39. The lowest BCUT2D eigenvalue weighted by molar-refractivity contribution is -0.0459. The van der Waals surface area contributed by atoms with Gasteiger partial charge in [0.25, 0.3) is 0 Å². The Morgan fingerprint density at radius 2 is 1.22 bits per heavy atom. The highest BCUT2D eigenvalue weighted by Gasteiger charge is 2.45. The third-order valence-corrected chi connectivity index (χ3v) is 4.41. The maximum atomic E-state index is 13.8. The first kappa shape index (κ1) is 14.3. The Balaban J connectivity index is 1.90. The van der Waals surface area contributed by atoms with E-state index in [4.69, 9.17) is 9.47 Å². The van der Waals surface area contributed by atoms with Crippen LogP contribution in [-0.2, 0) is 5.79 Å². The van der Waals surface area contributed by atoms with Crippen molar-refractivity contribution in [2.75, 3.05) is 0 Å². The predicted octanol–water partition coefficient (Wildman–Crippen LogP) is 5.26. The number of hydrogen-bond donors (Lipinski definition) is 0. The molecule has 0 aliphatic carbocycles. The number of hydrogen-bond acceptors (Lipinski definition) is 2. The second-order valence-electron chi connectivity index (χ2n) is 5.27. The Labute approximate surface area is 141 Å². The Kier molecular flexibility index (Phi) is 3.34. The van der Waals surface area contributed by atoms with Gasteiger partial charge in [-0.1, -0.05) is 60.7 Å². The smallest absolute Gasteiger partial charge is 0.305 e. The van der Waals surface area contributed by atoms with Crippen LogP contribution in [0.15, 0.2) is 77.3 Å². The predicted molar refractivity (Wildman–Crippen MR) is 89.0 cm³/mol. The Morgan fingerprint density at radius 1 is 0.739 bits per heavy atom. The van der Waals surface area contributed by atoms with Gasteiger partial charge in [0.05, 0.1) is 4.47 Å². The summed E-state index contributed by atoms with van der Waals surface area (Å²) in [6.45, 7) is 0. The van der Waals surface area contributed by atoms with Gasteiger partial charge in [0.2, 0.25) is 0 Å².